The minimum Gasteiger partial charge on any atom is -0.473 e. The Morgan fingerprint density at radius 3 is 2.33 bits per heavy atom. The van der Waals surface area contributed by atoms with Gasteiger partial charge in [-0.25, -0.2) is 9.37 Å². The van der Waals surface area contributed by atoms with Gasteiger partial charge in [0.1, 0.15) is 24.5 Å². The fourth-order valence-electron chi connectivity index (χ4n) is 5.13. The Hall–Kier alpha value is -5.50. The topological polar surface area (TPSA) is 77.7 Å². The highest BCUT2D eigenvalue weighted by atomic mass is 19.1. The molecule has 2 aromatic heterocycles. The quantitative estimate of drug-likeness (QED) is 0.190. The third-order valence-electron chi connectivity index (χ3n) is 7.34. The molecular formula is C35H26FN3O4. The lowest BCUT2D eigenvalue weighted by Gasteiger charge is -2.17. The van der Waals surface area contributed by atoms with Crippen molar-refractivity contribution in [1.82, 2.24) is 9.97 Å². The largest absolute Gasteiger partial charge is 0.473 e. The number of hydrogen-bond acceptors (Lipinski definition) is 6. The molecule has 43 heavy (non-hydrogen) atoms. The number of pyridine rings is 1. The lowest BCUT2D eigenvalue weighted by Crippen LogP contribution is -2.28. The predicted molar refractivity (Wildman–Crippen MR) is 161 cm³/mol. The number of carbonyl (C=O) groups is 1. The van der Waals surface area contributed by atoms with E-state index in [4.69, 9.17) is 13.9 Å². The zero-order valence-electron chi connectivity index (χ0n) is 23.1. The third kappa shape index (κ3) is 5.55. The Bertz CT molecular complexity index is 1920. The van der Waals surface area contributed by atoms with Gasteiger partial charge >= 0.3 is 0 Å². The van der Waals surface area contributed by atoms with Crippen LogP contribution in [0.2, 0.25) is 0 Å². The van der Waals surface area contributed by atoms with E-state index in [0.717, 1.165) is 16.7 Å². The van der Waals surface area contributed by atoms with E-state index in [1.165, 1.54) is 12.1 Å². The number of benzene rings is 4. The number of anilines is 1. The van der Waals surface area contributed by atoms with E-state index in [1.807, 2.05) is 60.7 Å². The molecule has 0 spiro atoms. The van der Waals surface area contributed by atoms with Crippen molar-refractivity contribution in [3.63, 3.8) is 0 Å². The molecule has 3 heterocycles. The van der Waals surface area contributed by atoms with Gasteiger partial charge in [0.15, 0.2) is 5.58 Å². The molecule has 7 nitrogen and oxygen atoms in total. The lowest BCUT2D eigenvalue weighted by molar-refractivity contribution is 0.0989. The summed E-state index contributed by atoms with van der Waals surface area (Å²) in [5.41, 5.74) is 5.55. The maximum Gasteiger partial charge on any atom is 0.258 e. The van der Waals surface area contributed by atoms with Crippen molar-refractivity contribution >= 4 is 22.7 Å². The highest BCUT2D eigenvalue weighted by molar-refractivity contribution is 6.08. The number of aromatic nitrogens is 2. The van der Waals surface area contributed by atoms with Crippen LogP contribution in [0.3, 0.4) is 0 Å². The molecule has 0 N–H and O–H groups in total. The molecule has 0 radical (unpaired) electrons. The molecule has 6 aromatic rings. The average Bonchev–Trinajstić information content (AvgIpc) is 3.67. The monoisotopic (exact) mass is 571 g/mol. The van der Waals surface area contributed by atoms with Gasteiger partial charge < -0.3 is 18.8 Å². The molecule has 7 rings (SSSR count). The third-order valence-corrected chi connectivity index (χ3v) is 7.34. The van der Waals surface area contributed by atoms with Crippen LogP contribution in [0, 0.1) is 5.82 Å². The second-order valence-electron chi connectivity index (χ2n) is 10.2. The van der Waals surface area contributed by atoms with Crippen LogP contribution in [0.4, 0.5) is 10.1 Å². The summed E-state index contributed by atoms with van der Waals surface area (Å²) in [6.45, 7) is 1.14. The molecule has 212 valence electrons. The number of rotatable bonds is 8. The molecule has 0 atom stereocenters. The molecule has 1 aliphatic heterocycles. The highest BCUT2D eigenvalue weighted by Crippen LogP contribution is 2.34. The molecular weight excluding hydrogens is 545 g/mol. The van der Waals surface area contributed by atoms with E-state index < -0.39 is 0 Å². The smallest absolute Gasteiger partial charge is 0.258 e. The summed E-state index contributed by atoms with van der Waals surface area (Å²) >= 11 is 0. The van der Waals surface area contributed by atoms with E-state index in [-0.39, 0.29) is 11.7 Å². The predicted octanol–water partition coefficient (Wildman–Crippen LogP) is 7.39. The molecule has 0 bridgehead atoms. The zero-order valence-corrected chi connectivity index (χ0v) is 23.1. The normalized spacial score (nSPS) is 12.3. The number of ether oxygens (including phenoxy) is 2. The Balaban J connectivity index is 1.18. The summed E-state index contributed by atoms with van der Waals surface area (Å²) in [6.07, 6.45) is 0.680. The number of oxazole rings is 1. The second-order valence-corrected chi connectivity index (χ2v) is 10.2. The van der Waals surface area contributed by atoms with Crippen molar-refractivity contribution in [1.29, 1.82) is 0 Å². The molecule has 0 unspecified atom stereocenters. The summed E-state index contributed by atoms with van der Waals surface area (Å²) < 4.78 is 32.2. The van der Waals surface area contributed by atoms with Crippen LogP contribution in [0.1, 0.15) is 27.0 Å². The van der Waals surface area contributed by atoms with Crippen molar-refractivity contribution in [2.75, 3.05) is 11.4 Å². The van der Waals surface area contributed by atoms with Crippen molar-refractivity contribution in [2.45, 2.75) is 19.6 Å². The van der Waals surface area contributed by atoms with Crippen LogP contribution >= 0.6 is 0 Å². The van der Waals surface area contributed by atoms with Crippen LogP contribution < -0.4 is 14.4 Å². The van der Waals surface area contributed by atoms with Gasteiger partial charge in [-0.2, -0.15) is 4.98 Å². The number of halogens is 1. The molecule has 0 saturated heterocycles. The first kappa shape index (κ1) is 26.4. The maximum absolute atomic E-state index is 13.9. The van der Waals surface area contributed by atoms with Gasteiger partial charge in [0, 0.05) is 18.2 Å². The number of amides is 1. The summed E-state index contributed by atoms with van der Waals surface area (Å²) in [5, 5.41) is 0. The van der Waals surface area contributed by atoms with Crippen molar-refractivity contribution < 1.29 is 23.1 Å². The van der Waals surface area contributed by atoms with Gasteiger partial charge in [-0.15, -0.1) is 0 Å². The fourth-order valence-corrected chi connectivity index (χ4v) is 5.13. The number of nitrogens with zero attached hydrogens (tertiary/aromatic N) is 3. The van der Waals surface area contributed by atoms with Crippen molar-refractivity contribution in [3.05, 3.63) is 137 Å². The van der Waals surface area contributed by atoms with Crippen LogP contribution in [0.15, 0.2) is 114 Å². The second kappa shape index (κ2) is 11.4. The van der Waals surface area contributed by atoms with E-state index in [0.29, 0.717) is 71.7 Å². The molecule has 0 fully saturated rings. The van der Waals surface area contributed by atoms with Crippen molar-refractivity contribution in [3.8, 4) is 23.2 Å². The minimum atomic E-state index is -0.371. The van der Waals surface area contributed by atoms with Crippen LogP contribution in [0.5, 0.6) is 11.8 Å². The average molecular weight is 572 g/mol. The van der Waals surface area contributed by atoms with Gasteiger partial charge in [-0.3, -0.25) is 4.79 Å². The Morgan fingerprint density at radius 2 is 1.56 bits per heavy atom. The van der Waals surface area contributed by atoms with Gasteiger partial charge in [0.2, 0.25) is 17.7 Å². The lowest BCUT2D eigenvalue weighted by atomic mass is 10.1. The van der Waals surface area contributed by atoms with E-state index >= 15 is 0 Å². The Morgan fingerprint density at radius 1 is 0.814 bits per heavy atom. The summed E-state index contributed by atoms with van der Waals surface area (Å²) in [4.78, 5) is 24.3. The summed E-state index contributed by atoms with van der Waals surface area (Å²) in [7, 11) is 0. The minimum absolute atomic E-state index is 0.224. The molecule has 4 aromatic carbocycles. The zero-order chi connectivity index (χ0) is 29.2. The van der Waals surface area contributed by atoms with Gasteiger partial charge in [-0.1, -0.05) is 66.7 Å². The van der Waals surface area contributed by atoms with Gasteiger partial charge in [0.25, 0.3) is 5.91 Å². The number of fused-ring (bicyclic) bond motifs is 2. The van der Waals surface area contributed by atoms with E-state index in [9.17, 15) is 9.18 Å². The SMILES string of the molecule is O=C(c1ccc2nc(-c3ccc(OCc4ccccc4)nc3OCc3ccccc3)oc2c1)N1CCc2ccc(F)cc21. The molecule has 0 saturated carbocycles. The van der Waals surface area contributed by atoms with Crippen LogP contribution in [-0.2, 0) is 19.6 Å². The van der Waals surface area contributed by atoms with E-state index in [1.54, 1.807) is 41.3 Å². The molecule has 1 aliphatic rings. The maximum atomic E-state index is 13.9. The van der Waals surface area contributed by atoms with Crippen LogP contribution in [0.25, 0.3) is 22.6 Å². The first-order chi connectivity index (χ1) is 21.1. The Kier molecular flexibility index (Phi) is 7.00. The standard InChI is InChI=1S/C35H26FN3O4/c36-27-13-11-25-17-18-39(30(25)20-27)35(40)26-12-15-29-31(19-26)43-34(37-29)28-14-16-32(41-21-23-7-3-1-4-8-23)38-33(28)42-22-24-9-5-2-6-10-24/h1-16,19-20H,17-18,21-22H2. The van der Waals surface area contributed by atoms with Gasteiger partial charge in [0.05, 0.1) is 11.3 Å². The summed E-state index contributed by atoms with van der Waals surface area (Å²) in [5.74, 6) is 0.426. The van der Waals surface area contributed by atoms with Crippen LogP contribution in [-0.4, -0.2) is 22.4 Å². The van der Waals surface area contributed by atoms with E-state index in [2.05, 4.69) is 9.97 Å². The number of carbonyl (C=O) groups excluding carboxylic acids is 1. The number of hydrogen-bond donors (Lipinski definition) is 0. The van der Waals surface area contributed by atoms with Gasteiger partial charge in [-0.05, 0) is 59.5 Å². The Labute approximate surface area is 247 Å². The highest BCUT2D eigenvalue weighted by Gasteiger charge is 2.27. The molecule has 8 heteroatoms. The molecule has 1 amide bonds. The first-order valence-electron chi connectivity index (χ1n) is 14.0. The fraction of sp³-hybridized carbons (Fsp3) is 0.114. The van der Waals surface area contributed by atoms with Crippen molar-refractivity contribution in [2.24, 2.45) is 0 Å². The first-order valence-corrected chi connectivity index (χ1v) is 14.0. The molecule has 0 aliphatic carbocycles. The summed E-state index contributed by atoms with van der Waals surface area (Å²) in [6, 6.07) is 32.9.